The average molecular weight is 273 g/mol. The van der Waals surface area contributed by atoms with Gasteiger partial charge in [-0.3, -0.25) is 4.90 Å². The van der Waals surface area contributed by atoms with E-state index in [0.29, 0.717) is 23.2 Å². The molecule has 1 heterocycles. The molecule has 0 aromatic heterocycles. The van der Waals surface area contributed by atoms with E-state index < -0.39 is 0 Å². The first-order valence-electron chi connectivity index (χ1n) is 4.60. The zero-order valence-electron chi connectivity index (χ0n) is 8.18. The molecule has 15 heavy (non-hydrogen) atoms. The molecule has 2 rings (SSSR count). The fourth-order valence-electron chi connectivity index (χ4n) is 1.63. The Bertz CT molecular complexity index is 422. The second-order valence-electron chi connectivity index (χ2n) is 3.44. The van der Waals surface area contributed by atoms with Gasteiger partial charge in [-0.25, -0.2) is 9.18 Å². The van der Waals surface area contributed by atoms with E-state index in [1.165, 1.54) is 6.07 Å². The number of anilines is 1. The number of hydrogen-bond acceptors (Lipinski definition) is 1. The maximum atomic E-state index is 13.3. The Kier molecular flexibility index (Phi) is 2.65. The van der Waals surface area contributed by atoms with Gasteiger partial charge >= 0.3 is 6.03 Å². The molecule has 5 heteroatoms. The molecule has 2 amide bonds. The standard InChI is InChI=1S/C10H10BrFN2O/c1-6-4-7(11)8(12)5-9(6)14-3-2-13-10(14)15/h4-5H,2-3H2,1H3,(H,13,15). The first-order valence-corrected chi connectivity index (χ1v) is 5.40. The molecule has 1 aromatic carbocycles. The summed E-state index contributed by atoms with van der Waals surface area (Å²) in [6.07, 6.45) is 0. The van der Waals surface area contributed by atoms with Crippen molar-refractivity contribution in [1.82, 2.24) is 5.32 Å². The number of carbonyl (C=O) groups is 1. The van der Waals surface area contributed by atoms with Crippen LogP contribution < -0.4 is 10.2 Å². The predicted molar refractivity (Wildman–Crippen MR) is 59.6 cm³/mol. The molecule has 80 valence electrons. The van der Waals surface area contributed by atoms with Crippen LogP contribution in [0.4, 0.5) is 14.9 Å². The number of rotatable bonds is 1. The minimum Gasteiger partial charge on any atom is -0.336 e. The van der Waals surface area contributed by atoms with Crippen LogP contribution in [0.25, 0.3) is 0 Å². The van der Waals surface area contributed by atoms with Gasteiger partial charge in [-0.15, -0.1) is 0 Å². The highest BCUT2D eigenvalue weighted by molar-refractivity contribution is 9.10. The van der Waals surface area contributed by atoms with E-state index in [-0.39, 0.29) is 11.8 Å². The average Bonchev–Trinajstić information content (AvgIpc) is 2.58. The quantitative estimate of drug-likeness (QED) is 0.837. The number of benzene rings is 1. The highest BCUT2D eigenvalue weighted by Crippen LogP contribution is 2.27. The highest BCUT2D eigenvalue weighted by Gasteiger charge is 2.23. The Morgan fingerprint density at radius 1 is 1.53 bits per heavy atom. The van der Waals surface area contributed by atoms with Crippen molar-refractivity contribution in [2.75, 3.05) is 18.0 Å². The van der Waals surface area contributed by atoms with Crippen molar-refractivity contribution in [2.24, 2.45) is 0 Å². The minimum atomic E-state index is -0.352. The van der Waals surface area contributed by atoms with Crippen molar-refractivity contribution in [3.63, 3.8) is 0 Å². The molecule has 1 aliphatic rings. The summed E-state index contributed by atoms with van der Waals surface area (Å²) in [5.41, 5.74) is 1.51. The summed E-state index contributed by atoms with van der Waals surface area (Å²) in [5, 5.41) is 2.68. The molecule has 1 aromatic rings. The topological polar surface area (TPSA) is 32.3 Å². The Hall–Kier alpha value is -1.10. The van der Waals surface area contributed by atoms with Gasteiger partial charge < -0.3 is 5.32 Å². The zero-order chi connectivity index (χ0) is 11.0. The van der Waals surface area contributed by atoms with Crippen LogP contribution in [0, 0.1) is 12.7 Å². The summed E-state index contributed by atoms with van der Waals surface area (Å²) < 4.78 is 13.8. The summed E-state index contributed by atoms with van der Waals surface area (Å²) in [7, 11) is 0. The highest BCUT2D eigenvalue weighted by atomic mass is 79.9. The van der Waals surface area contributed by atoms with E-state index in [4.69, 9.17) is 0 Å². The maximum Gasteiger partial charge on any atom is 0.322 e. The fourth-order valence-corrected chi connectivity index (χ4v) is 2.09. The van der Waals surface area contributed by atoms with E-state index in [1.54, 1.807) is 11.0 Å². The molecular formula is C10H10BrFN2O. The lowest BCUT2D eigenvalue weighted by Gasteiger charge is -2.17. The van der Waals surface area contributed by atoms with Crippen LogP contribution in [0.5, 0.6) is 0 Å². The van der Waals surface area contributed by atoms with Crippen molar-refractivity contribution in [3.8, 4) is 0 Å². The van der Waals surface area contributed by atoms with Gasteiger partial charge in [0.2, 0.25) is 0 Å². The molecule has 0 radical (unpaired) electrons. The molecule has 0 bridgehead atoms. The van der Waals surface area contributed by atoms with Crippen LogP contribution in [-0.2, 0) is 0 Å². The van der Waals surface area contributed by atoms with Gasteiger partial charge in [-0.1, -0.05) is 0 Å². The molecule has 1 fully saturated rings. The smallest absolute Gasteiger partial charge is 0.322 e. The van der Waals surface area contributed by atoms with Gasteiger partial charge in [-0.2, -0.15) is 0 Å². The second kappa shape index (κ2) is 3.81. The summed E-state index contributed by atoms with van der Waals surface area (Å²) in [6, 6.07) is 2.89. The van der Waals surface area contributed by atoms with Crippen molar-refractivity contribution in [3.05, 3.63) is 28.0 Å². The number of amides is 2. The molecule has 0 atom stereocenters. The van der Waals surface area contributed by atoms with E-state index in [9.17, 15) is 9.18 Å². The third-order valence-corrected chi connectivity index (χ3v) is 2.99. The summed E-state index contributed by atoms with van der Waals surface area (Å²) in [5.74, 6) is -0.352. The van der Waals surface area contributed by atoms with Crippen LogP contribution >= 0.6 is 15.9 Å². The SMILES string of the molecule is Cc1cc(Br)c(F)cc1N1CCNC1=O. The molecule has 3 nitrogen and oxygen atoms in total. The van der Waals surface area contributed by atoms with Crippen molar-refractivity contribution < 1.29 is 9.18 Å². The zero-order valence-corrected chi connectivity index (χ0v) is 9.77. The van der Waals surface area contributed by atoms with Gasteiger partial charge in [-0.05, 0) is 40.5 Å². The third kappa shape index (κ3) is 1.84. The number of halogens is 2. The molecule has 0 saturated carbocycles. The predicted octanol–water partition coefficient (Wildman–Crippen LogP) is 2.43. The Morgan fingerprint density at radius 3 is 2.87 bits per heavy atom. The molecular weight excluding hydrogens is 263 g/mol. The fraction of sp³-hybridized carbons (Fsp3) is 0.300. The Morgan fingerprint density at radius 2 is 2.27 bits per heavy atom. The van der Waals surface area contributed by atoms with Crippen LogP contribution in [0.3, 0.4) is 0 Å². The molecule has 0 aliphatic carbocycles. The van der Waals surface area contributed by atoms with E-state index in [1.807, 2.05) is 6.92 Å². The van der Waals surface area contributed by atoms with Gasteiger partial charge in [0.05, 0.1) is 10.2 Å². The van der Waals surface area contributed by atoms with Gasteiger partial charge in [0.15, 0.2) is 0 Å². The molecule has 1 saturated heterocycles. The summed E-state index contributed by atoms with van der Waals surface area (Å²) in [6.45, 7) is 3.04. The summed E-state index contributed by atoms with van der Waals surface area (Å²) >= 11 is 3.11. The van der Waals surface area contributed by atoms with E-state index >= 15 is 0 Å². The van der Waals surface area contributed by atoms with Crippen LogP contribution in [-0.4, -0.2) is 19.1 Å². The van der Waals surface area contributed by atoms with Gasteiger partial charge in [0.1, 0.15) is 5.82 Å². The number of urea groups is 1. The number of carbonyl (C=O) groups excluding carboxylic acids is 1. The number of aryl methyl sites for hydroxylation is 1. The molecule has 1 N–H and O–H groups in total. The largest absolute Gasteiger partial charge is 0.336 e. The summed E-state index contributed by atoms with van der Waals surface area (Å²) in [4.78, 5) is 13.0. The van der Waals surface area contributed by atoms with Crippen LogP contribution in [0.15, 0.2) is 16.6 Å². The number of hydrogen-bond donors (Lipinski definition) is 1. The normalized spacial score (nSPS) is 15.7. The van der Waals surface area contributed by atoms with Crippen molar-refractivity contribution in [2.45, 2.75) is 6.92 Å². The lowest BCUT2D eigenvalue weighted by molar-refractivity contribution is 0.252. The van der Waals surface area contributed by atoms with Crippen LogP contribution in [0.1, 0.15) is 5.56 Å². The maximum absolute atomic E-state index is 13.3. The number of nitrogens with one attached hydrogen (secondary N) is 1. The third-order valence-electron chi connectivity index (χ3n) is 2.39. The number of nitrogens with zero attached hydrogens (tertiary/aromatic N) is 1. The van der Waals surface area contributed by atoms with Gasteiger partial charge in [0.25, 0.3) is 0 Å². The lowest BCUT2D eigenvalue weighted by Crippen LogP contribution is -2.28. The van der Waals surface area contributed by atoms with Crippen molar-refractivity contribution in [1.29, 1.82) is 0 Å². The second-order valence-corrected chi connectivity index (χ2v) is 4.29. The monoisotopic (exact) mass is 272 g/mol. The van der Waals surface area contributed by atoms with Crippen molar-refractivity contribution >= 4 is 27.6 Å². The molecule has 0 unspecified atom stereocenters. The molecule has 0 spiro atoms. The van der Waals surface area contributed by atoms with Gasteiger partial charge in [0, 0.05) is 13.1 Å². The van der Waals surface area contributed by atoms with Crippen LogP contribution in [0.2, 0.25) is 0 Å². The Balaban J connectivity index is 2.43. The molecule has 1 aliphatic heterocycles. The lowest BCUT2D eigenvalue weighted by atomic mass is 10.2. The van der Waals surface area contributed by atoms with E-state index in [2.05, 4.69) is 21.2 Å². The first-order chi connectivity index (χ1) is 7.09. The van der Waals surface area contributed by atoms with E-state index in [0.717, 1.165) is 5.56 Å². The minimum absolute atomic E-state index is 0.167. The first kappa shape index (κ1) is 10.4. The Labute approximate surface area is 95.4 Å².